The van der Waals surface area contributed by atoms with Crippen LogP contribution >= 0.6 is 0 Å². The molecule has 4 nitrogen and oxygen atoms in total. The molecule has 0 saturated heterocycles. The Morgan fingerprint density at radius 1 is 2.00 bits per heavy atom. The topological polar surface area (TPSA) is 61.4 Å². The molecule has 0 atom stereocenters. The Labute approximate surface area is 40.4 Å². The van der Waals surface area contributed by atoms with Crippen molar-refractivity contribution in [2.24, 2.45) is 0 Å². The Morgan fingerprint density at radius 3 is 2.71 bits per heavy atom. The van der Waals surface area contributed by atoms with E-state index in [1.807, 2.05) is 0 Å². The van der Waals surface area contributed by atoms with Crippen molar-refractivity contribution < 1.29 is 9.53 Å². The molecule has 4 heteroatoms. The van der Waals surface area contributed by atoms with Gasteiger partial charge in [0.05, 0.1) is 6.26 Å². The zero-order valence-corrected chi connectivity index (χ0v) is 3.51. The van der Waals surface area contributed by atoms with Crippen molar-refractivity contribution >= 4 is 6.09 Å². The second-order valence-electron chi connectivity index (χ2n) is 0.674. The molecule has 0 aliphatic rings. The van der Waals surface area contributed by atoms with Crippen LogP contribution in [0.2, 0.25) is 0 Å². The molecule has 0 unspecified atom stereocenters. The van der Waals surface area contributed by atoms with Gasteiger partial charge in [0.25, 0.3) is 0 Å². The highest BCUT2D eigenvalue weighted by Gasteiger charge is 1.83. The average molecular weight is 102 g/mol. The quantitative estimate of drug-likeness (QED) is 0.384. The molecular formula is C3H4NO3-. The molecule has 1 N–H and O–H groups in total. The molecule has 0 aromatic rings. The van der Waals surface area contributed by atoms with Gasteiger partial charge in [-0.1, -0.05) is 6.58 Å². The first-order valence-electron chi connectivity index (χ1n) is 1.51. The minimum absolute atomic E-state index is 0.868. The van der Waals surface area contributed by atoms with Gasteiger partial charge in [0.2, 0.25) is 0 Å². The number of hydrogen-bond donors (Lipinski definition) is 1. The smallest absolute Gasteiger partial charge is 0.401 e. The number of carbonyl (C=O) groups excluding carboxylic acids is 1. The van der Waals surface area contributed by atoms with Gasteiger partial charge in [-0.3, -0.25) is 0 Å². The highest BCUT2D eigenvalue weighted by atomic mass is 16.6. The number of ether oxygens (including phenoxy) is 1. The second-order valence-corrected chi connectivity index (χ2v) is 0.674. The van der Waals surface area contributed by atoms with Crippen molar-refractivity contribution in [1.82, 2.24) is 5.48 Å². The first-order chi connectivity index (χ1) is 3.31. The van der Waals surface area contributed by atoms with Gasteiger partial charge < -0.3 is 15.4 Å². The number of hydrogen-bond acceptors (Lipinski definition) is 3. The van der Waals surface area contributed by atoms with E-state index in [0.717, 1.165) is 11.7 Å². The summed E-state index contributed by atoms with van der Waals surface area (Å²) in [6.45, 7) is 3.03. The molecule has 0 radical (unpaired) electrons. The van der Waals surface area contributed by atoms with Crippen LogP contribution in [-0.2, 0) is 4.74 Å². The lowest BCUT2D eigenvalue weighted by molar-refractivity contribution is 0.190. The lowest BCUT2D eigenvalue weighted by Gasteiger charge is -2.02. The van der Waals surface area contributed by atoms with Crippen LogP contribution in [0.3, 0.4) is 0 Å². The number of rotatable bonds is 1. The lowest BCUT2D eigenvalue weighted by Crippen LogP contribution is -2.14. The van der Waals surface area contributed by atoms with Crippen molar-refractivity contribution in [2.75, 3.05) is 0 Å². The SMILES string of the molecule is C=COC(=O)N[O-]. The molecule has 0 spiro atoms. The molecule has 0 aromatic heterocycles. The van der Waals surface area contributed by atoms with Gasteiger partial charge in [0.1, 0.15) is 0 Å². The summed E-state index contributed by atoms with van der Waals surface area (Å²) in [6.07, 6.45) is -0.178. The van der Waals surface area contributed by atoms with Gasteiger partial charge in [0, 0.05) is 0 Å². The van der Waals surface area contributed by atoms with E-state index in [-0.39, 0.29) is 0 Å². The summed E-state index contributed by atoms with van der Waals surface area (Å²) in [5.74, 6) is 0. The van der Waals surface area contributed by atoms with Gasteiger partial charge in [-0.15, -0.1) is 0 Å². The van der Waals surface area contributed by atoms with Crippen molar-refractivity contribution in [1.29, 1.82) is 0 Å². The number of amides is 1. The summed E-state index contributed by atoms with van der Waals surface area (Å²) >= 11 is 0. The van der Waals surface area contributed by atoms with Crippen LogP contribution in [0.4, 0.5) is 4.79 Å². The van der Waals surface area contributed by atoms with Crippen molar-refractivity contribution in [3.63, 3.8) is 0 Å². The fourth-order valence-electron chi connectivity index (χ4n) is 0.0997. The molecular weight excluding hydrogens is 98.0 g/mol. The average Bonchev–Trinajstić information content (AvgIpc) is 1.68. The Kier molecular flexibility index (Phi) is 2.70. The summed E-state index contributed by atoms with van der Waals surface area (Å²) in [5, 5.41) is 9.25. The highest BCUT2D eigenvalue weighted by Crippen LogP contribution is 1.71. The summed E-state index contributed by atoms with van der Waals surface area (Å²) < 4.78 is 3.89. The molecule has 1 amide bonds. The third-order valence-electron chi connectivity index (χ3n) is 0.274. The van der Waals surface area contributed by atoms with Crippen LogP contribution in [0.25, 0.3) is 0 Å². The predicted molar refractivity (Wildman–Crippen MR) is 23.2 cm³/mol. The minimum atomic E-state index is -1.05. The molecule has 0 rings (SSSR count). The summed E-state index contributed by atoms with van der Waals surface area (Å²) in [7, 11) is 0. The van der Waals surface area contributed by atoms with Crippen LogP contribution in [0, 0.1) is 5.21 Å². The van der Waals surface area contributed by atoms with Gasteiger partial charge in [0.15, 0.2) is 0 Å². The third kappa shape index (κ3) is 2.78. The maximum absolute atomic E-state index is 9.69. The molecule has 7 heavy (non-hydrogen) atoms. The van der Waals surface area contributed by atoms with E-state index in [2.05, 4.69) is 11.3 Å². The number of hydroxylamine groups is 1. The normalized spacial score (nSPS) is 7.00. The monoisotopic (exact) mass is 102 g/mol. The van der Waals surface area contributed by atoms with E-state index in [1.165, 1.54) is 0 Å². The third-order valence-corrected chi connectivity index (χ3v) is 0.274. The standard InChI is InChI=1S/C3H4NO3/c1-2-7-3(5)4-6/h2H,1H2,(H-,4,5,6)/q-1. The van der Waals surface area contributed by atoms with Gasteiger partial charge in [-0.2, -0.15) is 0 Å². The first-order valence-corrected chi connectivity index (χ1v) is 1.51. The Morgan fingerprint density at radius 2 is 2.57 bits per heavy atom. The second kappa shape index (κ2) is 3.17. The number of nitrogens with one attached hydrogen (secondary N) is 1. The van der Waals surface area contributed by atoms with Crippen molar-refractivity contribution in [2.45, 2.75) is 0 Å². The van der Waals surface area contributed by atoms with Gasteiger partial charge in [-0.05, 0) is 0 Å². The van der Waals surface area contributed by atoms with Crippen LogP contribution in [0.1, 0.15) is 0 Å². The molecule has 0 bridgehead atoms. The lowest BCUT2D eigenvalue weighted by atomic mass is 11.1. The van der Waals surface area contributed by atoms with Gasteiger partial charge >= 0.3 is 6.09 Å². The largest absolute Gasteiger partial charge is 0.756 e. The summed E-state index contributed by atoms with van der Waals surface area (Å²) in [4.78, 5) is 9.69. The zero-order chi connectivity index (χ0) is 5.70. The van der Waals surface area contributed by atoms with E-state index in [9.17, 15) is 10.0 Å². The van der Waals surface area contributed by atoms with Crippen molar-refractivity contribution in [3.8, 4) is 0 Å². The van der Waals surface area contributed by atoms with Crippen LogP contribution in [0.15, 0.2) is 12.8 Å². The molecule has 0 aliphatic carbocycles. The maximum Gasteiger partial charge on any atom is 0.401 e. The summed E-state index contributed by atoms with van der Waals surface area (Å²) in [6, 6.07) is 0. The van der Waals surface area contributed by atoms with Crippen LogP contribution < -0.4 is 5.48 Å². The first kappa shape index (κ1) is 5.97. The van der Waals surface area contributed by atoms with Crippen LogP contribution in [0.5, 0.6) is 0 Å². The molecule has 40 valence electrons. The highest BCUT2D eigenvalue weighted by molar-refractivity contribution is 5.67. The predicted octanol–water partition coefficient (Wildman–Crippen LogP) is 0.354. The van der Waals surface area contributed by atoms with E-state index in [4.69, 9.17) is 0 Å². The molecule has 0 heterocycles. The Bertz CT molecular complexity index is 80.2. The van der Waals surface area contributed by atoms with E-state index in [0.29, 0.717) is 0 Å². The Hall–Kier alpha value is -1.03. The Balaban J connectivity index is 3.17. The minimum Gasteiger partial charge on any atom is -0.756 e. The fraction of sp³-hybridized carbons (Fsp3) is 0. The molecule has 0 fully saturated rings. The molecule has 0 aliphatic heterocycles. The molecule has 0 saturated carbocycles. The van der Waals surface area contributed by atoms with E-state index >= 15 is 0 Å². The summed E-state index contributed by atoms with van der Waals surface area (Å²) in [5.41, 5.74) is 0.983. The zero-order valence-electron chi connectivity index (χ0n) is 3.51. The van der Waals surface area contributed by atoms with Gasteiger partial charge in [-0.25, -0.2) is 4.79 Å². The molecule has 0 aromatic carbocycles. The van der Waals surface area contributed by atoms with Crippen LogP contribution in [-0.4, -0.2) is 6.09 Å². The van der Waals surface area contributed by atoms with E-state index < -0.39 is 6.09 Å². The maximum atomic E-state index is 9.69. The van der Waals surface area contributed by atoms with E-state index in [1.54, 1.807) is 0 Å². The fourth-order valence-corrected chi connectivity index (χ4v) is 0.0997. The number of carbonyl (C=O) groups is 1. The van der Waals surface area contributed by atoms with Crippen molar-refractivity contribution in [3.05, 3.63) is 18.0 Å².